The Morgan fingerprint density at radius 2 is 2.07 bits per heavy atom. The Kier molecular flexibility index (Phi) is 7.96. The number of hydrogen-bond acceptors (Lipinski definition) is 5. The van der Waals surface area contributed by atoms with E-state index in [0.717, 1.165) is 37.9 Å². The molecule has 1 saturated heterocycles. The average Bonchev–Trinajstić information content (AvgIpc) is 2.88. The van der Waals surface area contributed by atoms with E-state index in [4.69, 9.17) is 9.84 Å². The number of esters is 1. The molecule has 0 radical (unpaired) electrons. The maximum absolute atomic E-state index is 12.3. The molecular weight excluding hydrogens is 372 g/mol. The SMILES string of the molecule is C=C(CC(=O)NCC(=O)O)C(=O)Oc1cccc(C2(CC)CCCCN(C)C2)c1. The highest BCUT2D eigenvalue weighted by atomic mass is 16.5. The van der Waals surface area contributed by atoms with Crippen molar-refractivity contribution in [1.29, 1.82) is 0 Å². The number of likely N-dealkylation sites (tertiary alicyclic amines) is 1. The first-order valence-electron chi connectivity index (χ1n) is 9.93. The number of hydrogen-bond donors (Lipinski definition) is 2. The van der Waals surface area contributed by atoms with Gasteiger partial charge in [0.1, 0.15) is 12.3 Å². The number of carboxylic acid groups (broad SMARTS) is 1. The molecule has 0 aromatic heterocycles. The van der Waals surface area contributed by atoms with Crippen LogP contribution in [0.4, 0.5) is 0 Å². The fraction of sp³-hybridized carbons (Fsp3) is 0.500. The topological polar surface area (TPSA) is 95.9 Å². The van der Waals surface area contributed by atoms with E-state index in [9.17, 15) is 14.4 Å². The van der Waals surface area contributed by atoms with Gasteiger partial charge in [0.05, 0.1) is 6.42 Å². The maximum Gasteiger partial charge on any atom is 0.339 e. The Hall–Kier alpha value is -2.67. The summed E-state index contributed by atoms with van der Waals surface area (Å²) in [7, 11) is 2.14. The summed E-state index contributed by atoms with van der Waals surface area (Å²) in [6, 6.07) is 7.57. The molecular formula is C22H30N2O5. The Labute approximate surface area is 171 Å². The van der Waals surface area contributed by atoms with Crippen LogP contribution in [0.15, 0.2) is 36.4 Å². The van der Waals surface area contributed by atoms with Gasteiger partial charge in [0.25, 0.3) is 0 Å². The molecule has 1 aliphatic heterocycles. The molecule has 0 spiro atoms. The molecule has 158 valence electrons. The fourth-order valence-electron chi connectivity index (χ4n) is 3.82. The van der Waals surface area contributed by atoms with Crippen LogP contribution in [0.3, 0.4) is 0 Å². The number of carboxylic acids is 1. The molecule has 7 nitrogen and oxygen atoms in total. The zero-order valence-corrected chi connectivity index (χ0v) is 17.2. The first-order chi connectivity index (χ1) is 13.8. The van der Waals surface area contributed by atoms with Gasteiger partial charge in [0, 0.05) is 17.5 Å². The lowest BCUT2D eigenvalue weighted by atomic mass is 9.74. The molecule has 2 N–H and O–H groups in total. The van der Waals surface area contributed by atoms with Gasteiger partial charge in [-0.3, -0.25) is 9.59 Å². The number of carbonyl (C=O) groups excluding carboxylic acids is 2. The Bertz CT molecular complexity index is 776. The second kappa shape index (κ2) is 10.2. The van der Waals surface area contributed by atoms with E-state index in [1.807, 2.05) is 12.1 Å². The van der Waals surface area contributed by atoms with E-state index in [0.29, 0.717) is 5.75 Å². The van der Waals surface area contributed by atoms with Gasteiger partial charge >= 0.3 is 11.9 Å². The summed E-state index contributed by atoms with van der Waals surface area (Å²) < 4.78 is 5.43. The van der Waals surface area contributed by atoms with Gasteiger partial charge in [-0.05, 0) is 50.6 Å². The van der Waals surface area contributed by atoms with Gasteiger partial charge < -0.3 is 20.1 Å². The second-order valence-corrected chi connectivity index (χ2v) is 7.70. The number of nitrogens with one attached hydrogen (secondary N) is 1. The number of ether oxygens (including phenoxy) is 1. The Morgan fingerprint density at radius 1 is 1.31 bits per heavy atom. The summed E-state index contributed by atoms with van der Waals surface area (Å²) in [6.45, 7) is 7.32. The molecule has 1 aromatic rings. The highest BCUT2D eigenvalue weighted by Crippen LogP contribution is 2.37. The van der Waals surface area contributed by atoms with Crippen molar-refractivity contribution in [2.75, 3.05) is 26.7 Å². The molecule has 1 amide bonds. The molecule has 0 bridgehead atoms. The van der Waals surface area contributed by atoms with Crippen LogP contribution >= 0.6 is 0 Å². The minimum atomic E-state index is -1.16. The van der Waals surface area contributed by atoms with E-state index in [2.05, 4.69) is 36.8 Å². The average molecular weight is 402 g/mol. The lowest BCUT2D eigenvalue weighted by Gasteiger charge is -2.35. The van der Waals surface area contributed by atoms with Gasteiger partial charge in [-0.2, -0.15) is 0 Å². The second-order valence-electron chi connectivity index (χ2n) is 7.70. The zero-order valence-electron chi connectivity index (χ0n) is 17.2. The van der Waals surface area contributed by atoms with Gasteiger partial charge in [0.15, 0.2) is 0 Å². The van der Waals surface area contributed by atoms with Crippen molar-refractivity contribution in [2.45, 2.75) is 44.4 Å². The number of aliphatic carboxylic acids is 1. The first-order valence-corrected chi connectivity index (χ1v) is 9.93. The number of likely N-dealkylation sites (N-methyl/N-ethyl adjacent to an activating group) is 1. The molecule has 1 atom stereocenters. The highest BCUT2D eigenvalue weighted by molar-refractivity contribution is 5.96. The van der Waals surface area contributed by atoms with Crippen molar-refractivity contribution < 1.29 is 24.2 Å². The van der Waals surface area contributed by atoms with Crippen LogP contribution in [-0.2, 0) is 19.8 Å². The molecule has 7 heteroatoms. The molecule has 1 aromatic carbocycles. The quantitative estimate of drug-likeness (QED) is 0.394. The van der Waals surface area contributed by atoms with Gasteiger partial charge in [-0.15, -0.1) is 0 Å². The zero-order chi connectivity index (χ0) is 21.4. The monoisotopic (exact) mass is 402 g/mol. The number of amides is 1. The van der Waals surface area contributed by atoms with Crippen LogP contribution < -0.4 is 10.1 Å². The molecule has 1 unspecified atom stereocenters. The lowest BCUT2D eigenvalue weighted by Crippen LogP contribution is -2.37. The first kappa shape index (κ1) is 22.6. The summed E-state index contributed by atoms with van der Waals surface area (Å²) >= 11 is 0. The van der Waals surface area contributed by atoms with Crippen molar-refractivity contribution in [2.24, 2.45) is 0 Å². The van der Waals surface area contributed by atoms with E-state index in [1.165, 1.54) is 6.42 Å². The summed E-state index contributed by atoms with van der Waals surface area (Å²) in [5, 5.41) is 10.8. The maximum atomic E-state index is 12.3. The smallest absolute Gasteiger partial charge is 0.339 e. The van der Waals surface area contributed by atoms with E-state index < -0.39 is 24.4 Å². The minimum Gasteiger partial charge on any atom is -0.480 e. The number of carbonyl (C=O) groups is 3. The predicted octanol–water partition coefficient (Wildman–Crippen LogP) is 2.50. The normalized spacial score (nSPS) is 19.8. The van der Waals surface area contributed by atoms with Crippen LogP contribution in [0.1, 0.15) is 44.6 Å². The third-order valence-electron chi connectivity index (χ3n) is 5.45. The standard InChI is InChI=1S/C22H30N2O5/c1-4-22(10-5-6-11-24(3)15-22)17-8-7-9-18(13-17)29-21(28)16(2)12-19(25)23-14-20(26)27/h7-9,13H,2,4-6,10-12,14-15H2,1,3H3,(H,23,25)(H,26,27). The molecule has 1 aliphatic rings. The third kappa shape index (κ3) is 6.42. The highest BCUT2D eigenvalue weighted by Gasteiger charge is 2.33. The van der Waals surface area contributed by atoms with Gasteiger partial charge in [0.2, 0.25) is 5.91 Å². The Morgan fingerprint density at radius 3 is 2.76 bits per heavy atom. The Balaban J connectivity index is 2.06. The van der Waals surface area contributed by atoms with Crippen LogP contribution in [-0.4, -0.2) is 54.5 Å². The van der Waals surface area contributed by atoms with Crippen LogP contribution in [0.25, 0.3) is 0 Å². The molecule has 1 fully saturated rings. The number of benzene rings is 1. The molecule has 0 saturated carbocycles. The van der Waals surface area contributed by atoms with Crippen molar-refractivity contribution in [1.82, 2.24) is 10.2 Å². The van der Waals surface area contributed by atoms with Gasteiger partial charge in [-0.25, -0.2) is 4.79 Å². The van der Waals surface area contributed by atoms with Crippen molar-refractivity contribution in [3.63, 3.8) is 0 Å². The lowest BCUT2D eigenvalue weighted by molar-refractivity contribution is -0.137. The van der Waals surface area contributed by atoms with E-state index in [-0.39, 0.29) is 17.4 Å². The molecule has 0 aliphatic carbocycles. The van der Waals surface area contributed by atoms with E-state index >= 15 is 0 Å². The summed E-state index contributed by atoms with van der Waals surface area (Å²) in [5.74, 6) is -2.03. The van der Waals surface area contributed by atoms with E-state index in [1.54, 1.807) is 6.07 Å². The van der Waals surface area contributed by atoms with Crippen LogP contribution in [0, 0.1) is 0 Å². The summed E-state index contributed by atoms with van der Waals surface area (Å²) in [6.07, 6.45) is 4.10. The summed E-state index contributed by atoms with van der Waals surface area (Å²) in [4.78, 5) is 36.8. The number of nitrogens with zero attached hydrogens (tertiary/aromatic N) is 1. The van der Waals surface area contributed by atoms with Crippen molar-refractivity contribution >= 4 is 17.8 Å². The molecule has 1 heterocycles. The summed E-state index contributed by atoms with van der Waals surface area (Å²) in [5.41, 5.74) is 1.13. The minimum absolute atomic E-state index is 0.0153. The third-order valence-corrected chi connectivity index (χ3v) is 5.45. The number of rotatable bonds is 8. The fourth-order valence-corrected chi connectivity index (χ4v) is 3.82. The van der Waals surface area contributed by atoms with Crippen LogP contribution in [0.2, 0.25) is 0 Å². The van der Waals surface area contributed by atoms with Gasteiger partial charge in [-0.1, -0.05) is 32.1 Å². The molecule has 2 rings (SSSR count). The van der Waals surface area contributed by atoms with Crippen molar-refractivity contribution in [3.05, 3.63) is 42.0 Å². The largest absolute Gasteiger partial charge is 0.480 e. The predicted molar refractivity (Wildman–Crippen MR) is 110 cm³/mol. The van der Waals surface area contributed by atoms with Crippen molar-refractivity contribution in [3.8, 4) is 5.75 Å². The van der Waals surface area contributed by atoms with Crippen LogP contribution in [0.5, 0.6) is 5.75 Å². The molecule has 29 heavy (non-hydrogen) atoms.